The summed E-state index contributed by atoms with van der Waals surface area (Å²) in [6.45, 7) is 1.21. The largest absolute Gasteiger partial charge is 0.474 e. The third kappa shape index (κ3) is 2.69. The van der Waals surface area contributed by atoms with Gasteiger partial charge in [0.05, 0.1) is 0 Å². The first-order valence-electron chi connectivity index (χ1n) is 4.13. The van der Waals surface area contributed by atoms with Gasteiger partial charge in [0, 0.05) is 6.20 Å². The summed E-state index contributed by atoms with van der Waals surface area (Å²) < 4.78 is 17.4. The first kappa shape index (κ1) is 10.4. The van der Waals surface area contributed by atoms with Gasteiger partial charge in [0.1, 0.15) is 18.3 Å². The average Bonchev–Trinajstić information content (AvgIpc) is 2.15. The Morgan fingerprint density at radius 2 is 2.50 bits per heavy atom. The molecule has 0 aliphatic heterocycles. The molecule has 1 rings (SSSR count). The number of aromatic nitrogens is 1. The molecule has 0 unspecified atom stereocenters. The van der Waals surface area contributed by atoms with Crippen molar-refractivity contribution < 1.29 is 13.9 Å². The normalized spacial score (nSPS) is 12.1. The second-order valence-corrected chi connectivity index (χ2v) is 2.81. The second-order valence-electron chi connectivity index (χ2n) is 2.81. The molecule has 1 atom stereocenters. The summed E-state index contributed by atoms with van der Waals surface area (Å²) in [5.41, 5.74) is 5.23. The van der Waals surface area contributed by atoms with E-state index in [0.29, 0.717) is 0 Å². The zero-order valence-corrected chi connectivity index (χ0v) is 7.74. The van der Waals surface area contributed by atoms with E-state index in [1.54, 1.807) is 6.07 Å². The van der Waals surface area contributed by atoms with Crippen molar-refractivity contribution in [3.8, 4) is 5.88 Å². The number of rotatable bonds is 4. The van der Waals surface area contributed by atoms with Crippen LogP contribution < -0.4 is 10.5 Å². The Hall–Kier alpha value is -1.65. The van der Waals surface area contributed by atoms with Crippen LogP contribution in [0.4, 0.5) is 4.39 Å². The summed E-state index contributed by atoms with van der Waals surface area (Å²) in [7, 11) is 0. The zero-order chi connectivity index (χ0) is 10.6. The van der Waals surface area contributed by atoms with E-state index in [-0.39, 0.29) is 18.1 Å². The number of hydrogen-bond donors (Lipinski definition) is 1. The number of amides is 1. The molecule has 1 aromatic heterocycles. The molecular formula is C9H11FN2O2. The molecule has 5 heteroatoms. The van der Waals surface area contributed by atoms with Crippen molar-refractivity contribution >= 4 is 5.91 Å². The van der Waals surface area contributed by atoms with Crippen LogP contribution in [0.2, 0.25) is 0 Å². The van der Waals surface area contributed by atoms with E-state index < -0.39 is 12.1 Å². The summed E-state index contributed by atoms with van der Waals surface area (Å²) >= 11 is 0. The number of primary amides is 1. The van der Waals surface area contributed by atoms with Gasteiger partial charge >= 0.3 is 0 Å². The predicted octanol–water partition coefficient (Wildman–Crippen LogP) is 0.917. The Bertz CT molecular complexity index is 328. The monoisotopic (exact) mass is 198 g/mol. The highest BCUT2D eigenvalue weighted by Crippen LogP contribution is 2.13. The molecule has 0 bridgehead atoms. The van der Waals surface area contributed by atoms with E-state index in [1.165, 1.54) is 19.2 Å². The van der Waals surface area contributed by atoms with Crippen molar-refractivity contribution in [2.75, 3.05) is 6.61 Å². The van der Waals surface area contributed by atoms with Gasteiger partial charge in [0.15, 0.2) is 0 Å². The number of nitrogens with zero attached hydrogens (tertiary/aromatic N) is 1. The fourth-order valence-corrected chi connectivity index (χ4v) is 0.887. The lowest BCUT2D eigenvalue weighted by molar-refractivity contribution is 0.0993. The standard InChI is InChI=1S/C9H11FN2O2/c1-6(10)5-14-9-7(8(11)13)3-2-4-12-9/h2-4,6H,5H2,1H3,(H2,11,13)/t6-/m1/s1. The van der Waals surface area contributed by atoms with E-state index in [9.17, 15) is 9.18 Å². The molecule has 4 nitrogen and oxygen atoms in total. The molecule has 0 radical (unpaired) electrons. The Kier molecular flexibility index (Phi) is 3.39. The highest BCUT2D eigenvalue weighted by atomic mass is 19.1. The minimum atomic E-state index is -1.11. The number of nitrogens with two attached hydrogens (primary N) is 1. The molecule has 0 saturated heterocycles. The first-order chi connectivity index (χ1) is 6.61. The Balaban J connectivity index is 2.79. The van der Waals surface area contributed by atoms with Gasteiger partial charge in [-0.25, -0.2) is 9.37 Å². The van der Waals surface area contributed by atoms with Crippen molar-refractivity contribution in [1.29, 1.82) is 0 Å². The Labute approximate surface area is 80.9 Å². The number of hydrogen-bond acceptors (Lipinski definition) is 3. The minimum absolute atomic E-state index is 0.0736. The molecule has 1 amide bonds. The van der Waals surface area contributed by atoms with Crippen LogP contribution in [0, 0.1) is 0 Å². The van der Waals surface area contributed by atoms with E-state index >= 15 is 0 Å². The molecule has 0 aliphatic carbocycles. The maximum absolute atomic E-state index is 12.5. The molecule has 1 heterocycles. The molecular weight excluding hydrogens is 187 g/mol. The van der Waals surface area contributed by atoms with E-state index in [4.69, 9.17) is 10.5 Å². The fraction of sp³-hybridized carbons (Fsp3) is 0.333. The van der Waals surface area contributed by atoms with Crippen LogP contribution in [-0.4, -0.2) is 23.7 Å². The van der Waals surface area contributed by atoms with Gasteiger partial charge < -0.3 is 10.5 Å². The second kappa shape index (κ2) is 4.55. The Morgan fingerprint density at radius 1 is 1.79 bits per heavy atom. The zero-order valence-electron chi connectivity index (χ0n) is 7.74. The van der Waals surface area contributed by atoms with Gasteiger partial charge in [-0.2, -0.15) is 0 Å². The lowest BCUT2D eigenvalue weighted by Gasteiger charge is -2.07. The lowest BCUT2D eigenvalue weighted by Crippen LogP contribution is -2.16. The topological polar surface area (TPSA) is 65.2 Å². The quantitative estimate of drug-likeness (QED) is 0.782. The van der Waals surface area contributed by atoms with Crippen LogP contribution in [0.25, 0.3) is 0 Å². The van der Waals surface area contributed by atoms with E-state index in [0.717, 1.165) is 0 Å². The highest BCUT2D eigenvalue weighted by molar-refractivity contribution is 5.94. The number of halogens is 1. The smallest absolute Gasteiger partial charge is 0.254 e. The van der Waals surface area contributed by atoms with Crippen LogP contribution >= 0.6 is 0 Å². The van der Waals surface area contributed by atoms with Gasteiger partial charge in [-0.15, -0.1) is 0 Å². The number of carbonyl (C=O) groups excluding carboxylic acids is 1. The van der Waals surface area contributed by atoms with Crippen LogP contribution in [0.15, 0.2) is 18.3 Å². The van der Waals surface area contributed by atoms with E-state index in [1.807, 2.05) is 0 Å². The molecule has 0 fully saturated rings. The van der Waals surface area contributed by atoms with Crippen molar-refractivity contribution in [1.82, 2.24) is 4.98 Å². The van der Waals surface area contributed by atoms with Gasteiger partial charge in [0.25, 0.3) is 5.91 Å². The van der Waals surface area contributed by atoms with Crippen molar-refractivity contribution in [3.63, 3.8) is 0 Å². The van der Waals surface area contributed by atoms with Crippen LogP contribution in [0.3, 0.4) is 0 Å². The maximum Gasteiger partial charge on any atom is 0.254 e. The molecule has 14 heavy (non-hydrogen) atoms. The average molecular weight is 198 g/mol. The fourth-order valence-electron chi connectivity index (χ4n) is 0.887. The van der Waals surface area contributed by atoms with Crippen molar-refractivity contribution in [2.24, 2.45) is 5.73 Å². The van der Waals surface area contributed by atoms with Gasteiger partial charge in [0.2, 0.25) is 5.88 Å². The minimum Gasteiger partial charge on any atom is -0.474 e. The molecule has 2 N–H and O–H groups in total. The maximum atomic E-state index is 12.5. The van der Waals surface area contributed by atoms with Gasteiger partial charge in [-0.1, -0.05) is 0 Å². The SMILES string of the molecule is C[C@@H](F)COc1ncccc1C(N)=O. The van der Waals surface area contributed by atoms with Crippen molar-refractivity contribution in [3.05, 3.63) is 23.9 Å². The molecule has 76 valence electrons. The molecule has 0 spiro atoms. The van der Waals surface area contributed by atoms with Gasteiger partial charge in [-0.05, 0) is 19.1 Å². The summed E-state index contributed by atoms with van der Waals surface area (Å²) in [6.07, 6.45) is 0.336. The van der Waals surface area contributed by atoms with Crippen molar-refractivity contribution in [2.45, 2.75) is 13.1 Å². The molecule has 0 aromatic carbocycles. The molecule has 1 aromatic rings. The van der Waals surface area contributed by atoms with Crippen LogP contribution in [0.1, 0.15) is 17.3 Å². The summed E-state index contributed by atoms with van der Waals surface area (Å²) in [4.78, 5) is 14.7. The third-order valence-corrected chi connectivity index (χ3v) is 1.49. The first-order valence-corrected chi connectivity index (χ1v) is 4.13. The number of carbonyl (C=O) groups is 1. The summed E-state index contributed by atoms with van der Waals surface area (Å²) in [6, 6.07) is 3.04. The van der Waals surface area contributed by atoms with Crippen LogP contribution in [0.5, 0.6) is 5.88 Å². The summed E-state index contributed by atoms with van der Waals surface area (Å²) in [5, 5.41) is 0. The molecule has 0 aliphatic rings. The lowest BCUT2D eigenvalue weighted by atomic mass is 10.2. The predicted molar refractivity (Wildman–Crippen MR) is 48.8 cm³/mol. The summed E-state index contributed by atoms with van der Waals surface area (Å²) in [5.74, 6) is -0.566. The third-order valence-electron chi connectivity index (χ3n) is 1.49. The van der Waals surface area contributed by atoms with Gasteiger partial charge in [-0.3, -0.25) is 4.79 Å². The number of ether oxygens (including phenoxy) is 1. The molecule has 0 saturated carbocycles. The van der Waals surface area contributed by atoms with Crippen LogP contribution in [-0.2, 0) is 0 Å². The van der Waals surface area contributed by atoms with E-state index in [2.05, 4.69) is 4.98 Å². The Morgan fingerprint density at radius 3 is 3.07 bits per heavy atom. The number of alkyl halides is 1. The highest BCUT2D eigenvalue weighted by Gasteiger charge is 2.10. The number of pyridine rings is 1.